The first-order valence-corrected chi connectivity index (χ1v) is 6.72. The van der Waals surface area contributed by atoms with E-state index < -0.39 is 5.97 Å². The average molecular weight is 269 g/mol. The number of carbonyl (C=O) groups excluding carboxylic acids is 2. The third-order valence-electron chi connectivity index (χ3n) is 4.95. The van der Waals surface area contributed by atoms with Crippen molar-refractivity contribution in [1.29, 1.82) is 0 Å². The van der Waals surface area contributed by atoms with E-state index in [2.05, 4.69) is 13.8 Å². The Balaban J connectivity index is 0.000000550. The monoisotopic (exact) mass is 269 g/mol. The van der Waals surface area contributed by atoms with Gasteiger partial charge in [0, 0.05) is 6.54 Å². The summed E-state index contributed by atoms with van der Waals surface area (Å²) >= 11 is 0. The highest BCUT2D eigenvalue weighted by atomic mass is 16.4. The van der Waals surface area contributed by atoms with E-state index in [-0.39, 0.29) is 12.7 Å². The van der Waals surface area contributed by atoms with Crippen molar-refractivity contribution in [2.75, 3.05) is 20.1 Å². The number of carboxylic acid groups (broad SMARTS) is 1. The molecule has 2 bridgehead atoms. The lowest BCUT2D eigenvalue weighted by atomic mass is 9.45. The molecule has 5 nitrogen and oxygen atoms in total. The summed E-state index contributed by atoms with van der Waals surface area (Å²) in [5.74, 6) is 1.74. The topological polar surface area (TPSA) is 74.7 Å². The molecule has 0 aliphatic heterocycles. The van der Waals surface area contributed by atoms with Crippen molar-refractivity contribution in [3.05, 3.63) is 0 Å². The standard InChI is InChI=1S/C13H23NO2.CO2/c1-13(2)10-5-4-9(11(13)6-10)7-14(3)8-12(15)16;2-1-3/h9-11H,4-8H2,1-3H3,(H,15,16);/t9-,10-,11-;/m1./s1. The molecule has 0 saturated heterocycles. The Morgan fingerprint density at radius 2 is 1.95 bits per heavy atom. The molecule has 3 fully saturated rings. The van der Waals surface area contributed by atoms with E-state index in [4.69, 9.17) is 14.7 Å². The van der Waals surface area contributed by atoms with Crippen LogP contribution < -0.4 is 0 Å². The molecule has 0 amide bonds. The first-order valence-electron chi connectivity index (χ1n) is 6.72. The minimum absolute atomic E-state index is 0.174. The van der Waals surface area contributed by atoms with Gasteiger partial charge in [-0.05, 0) is 49.5 Å². The number of nitrogens with zero attached hydrogens (tertiary/aromatic N) is 1. The van der Waals surface area contributed by atoms with Gasteiger partial charge < -0.3 is 5.11 Å². The fourth-order valence-electron chi connectivity index (χ4n) is 3.88. The first kappa shape index (κ1) is 15.9. The Kier molecular flexibility index (Phi) is 5.27. The number of hydrogen-bond acceptors (Lipinski definition) is 4. The second kappa shape index (κ2) is 6.31. The summed E-state index contributed by atoms with van der Waals surface area (Å²) in [4.78, 5) is 28.8. The Morgan fingerprint density at radius 1 is 1.37 bits per heavy atom. The Bertz CT molecular complexity index is 358. The Hall–Kier alpha value is -1.19. The van der Waals surface area contributed by atoms with Gasteiger partial charge in [0.2, 0.25) is 0 Å². The lowest BCUT2D eigenvalue weighted by Crippen LogP contribution is -2.54. The molecular weight excluding hydrogens is 246 g/mol. The molecule has 0 aromatic carbocycles. The molecule has 1 N–H and O–H groups in total. The molecule has 0 radical (unpaired) electrons. The van der Waals surface area contributed by atoms with Gasteiger partial charge >= 0.3 is 12.1 Å². The summed E-state index contributed by atoms with van der Waals surface area (Å²) in [6, 6.07) is 0. The highest BCUT2D eigenvalue weighted by Gasteiger charge is 2.54. The zero-order valence-electron chi connectivity index (χ0n) is 11.9. The maximum absolute atomic E-state index is 10.6. The van der Waals surface area contributed by atoms with Crippen LogP contribution in [0.5, 0.6) is 0 Å². The van der Waals surface area contributed by atoms with Gasteiger partial charge in [-0.1, -0.05) is 13.8 Å². The Morgan fingerprint density at radius 3 is 2.37 bits per heavy atom. The molecule has 19 heavy (non-hydrogen) atoms. The largest absolute Gasteiger partial charge is 0.480 e. The third kappa shape index (κ3) is 3.64. The summed E-state index contributed by atoms with van der Waals surface area (Å²) in [5, 5.41) is 8.75. The highest BCUT2D eigenvalue weighted by molar-refractivity contribution is 5.68. The maximum Gasteiger partial charge on any atom is 0.373 e. The maximum atomic E-state index is 10.6. The van der Waals surface area contributed by atoms with Crippen molar-refractivity contribution in [1.82, 2.24) is 4.90 Å². The highest BCUT2D eigenvalue weighted by Crippen LogP contribution is 2.61. The van der Waals surface area contributed by atoms with Crippen molar-refractivity contribution in [3.63, 3.8) is 0 Å². The van der Waals surface area contributed by atoms with Crippen LogP contribution in [0, 0.1) is 23.2 Å². The fraction of sp³-hybridized carbons (Fsp3) is 0.857. The van der Waals surface area contributed by atoms with Crippen molar-refractivity contribution in [2.45, 2.75) is 33.1 Å². The molecule has 0 spiro atoms. The predicted octanol–water partition coefficient (Wildman–Crippen LogP) is 1.49. The molecule has 3 aliphatic rings. The summed E-state index contributed by atoms with van der Waals surface area (Å²) in [7, 11) is 1.92. The van der Waals surface area contributed by atoms with E-state index in [1.165, 1.54) is 19.3 Å². The molecule has 3 aliphatic carbocycles. The zero-order valence-corrected chi connectivity index (χ0v) is 11.9. The quantitative estimate of drug-likeness (QED) is 0.837. The number of aliphatic carboxylic acids is 1. The van der Waals surface area contributed by atoms with Gasteiger partial charge in [0.15, 0.2) is 0 Å². The SMILES string of the molecule is CN(CC(=O)O)C[C@H]1CC[C@@H]2C[C@H]1C2(C)C.O=C=O. The smallest absolute Gasteiger partial charge is 0.373 e. The normalized spacial score (nSPS) is 30.6. The van der Waals surface area contributed by atoms with Crippen LogP contribution in [-0.2, 0) is 14.4 Å². The molecule has 0 aromatic rings. The van der Waals surface area contributed by atoms with Crippen LogP contribution >= 0.6 is 0 Å². The van der Waals surface area contributed by atoms with Crippen LogP contribution in [0.3, 0.4) is 0 Å². The van der Waals surface area contributed by atoms with E-state index in [0.717, 1.165) is 18.4 Å². The predicted molar refractivity (Wildman–Crippen MR) is 68.2 cm³/mol. The number of rotatable bonds is 4. The molecule has 3 saturated carbocycles. The lowest BCUT2D eigenvalue weighted by molar-refractivity contribution is -0.191. The van der Waals surface area contributed by atoms with Crippen molar-refractivity contribution in [3.8, 4) is 0 Å². The van der Waals surface area contributed by atoms with Gasteiger partial charge in [0.25, 0.3) is 0 Å². The molecule has 5 heteroatoms. The average Bonchev–Trinajstić information content (AvgIpc) is 2.28. The Labute approximate surface area is 114 Å². The van der Waals surface area contributed by atoms with E-state index in [1.54, 1.807) is 0 Å². The van der Waals surface area contributed by atoms with Gasteiger partial charge in [0.1, 0.15) is 0 Å². The summed E-state index contributed by atoms with van der Waals surface area (Å²) in [6.45, 7) is 5.89. The number of fused-ring (bicyclic) bond motifs is 2. The second-order valence-corrected chi connectivity index (χ2v) is 6.37. The minimum atomic E-state index is -0.718. The summed E-state index contributed by atoms with van der Waals surface area (Å²) in [5.41, 5.74) is 0.507. The number of carbonyl (C=O) groups is 1. The van der Waals surface area contributed by atoms with Gasteiger partial charge in [0.05, 0.1) is 6.54 Å². The van der Waals surface area contributed by atoms with Crippen LogP contribution in [0.1, 0.15) is 33.1 Å². The second-order valence-electron chi connectivity index (χ2n) is 6.37. The molecule has 3 atom stereocenters. The van der Waals surface area contributed by atoms with Gasteiger partial charge in [-0.15, -0.1) is 0 Å². The van der Waals surface area contributed by atoms with Crippen LogP contribution in [-0.4, -0.2) is 42.3 Å². The number of hydrogen-bond donors (Lipinski definition) is 1. The van der Waals surface area contributed by atoms with Crippen LogP contribution in [0.2, 0.25) is 0 Å². The van der Waals surface area contributed by atoms with Crippen molar-refractivity contribution >= 4 is 12.1 Å². The van der Waals surface area contributed by atoms with Gasteiger partial charge in [-0.3, -0.25) is 9.69 Å². The number of likely N-dealkylation sites (N-methyl/N-ethyl adjacent to an activating group) is 1. The van der Waals surface area contributed by atoms with Gasteiger partial charge in [-0.25, -0.2) is 0 Å². The van der Waals surface area contributed by atoms with E-state index >= 15 is 0 Å². The molecule has 0 heterocycles. The lowest BCUT2D eigenvalue weighted by Gasteiger charge is -2.60. The van der Waals surface area contributed by atoms with E-state index in [1.807, 2.05) is 11.9 Å². The summed E-state index contributed by atoms with van der Waals surface area (Å²) < 4.78 is 0. The molecule has 3 rings (SSSR count). The van der Waals surface area contributed by atoms with E-state index in [9.17, 15) is 4.79 Å². The number of carboxylic acids is 1. The van der Waals surface area contributed by atoms with Crippen molar-refractivity contribution < 1.29 is 19.5 Å². The van der Waals surface area contributed by atoms with Gasteiger partial charge in [-0.2, -0.15) is 9.59 Å². The first-order chi connectivity index (χ1) is 8.82. The molecule has 108 valence electrons. The van der Waals surface area contributed by atoms with Crippen LogP contribution in [0.4, 0.5) is 0 Å². The third-order valence-corrected chi connectivity index (χ3v) is 4.95. The van der Waals surface area contributed by atoms with E-state index in [0.29, 0.717) is 11.3 Å². The summed E-state index contributed by atoms with van der Waals surface area (Å²) in [6.07, 6.45) is 4.26. The molecule has 0 aromatic heterocycles. The van der Waals surface area contributed by atoms with Crippen LogP contribution in [0.25, 0.3) is 0 Å². The van der Waals surface area contributed by atoms with Crippen molar-refractivity contribution in [2.24, 2.45) is 23.2 Å². The minimum Gasteiger partial charge on any atom is -0.480 e. The molecular formula is C14H23NO4. The zero-order chi connectivity index (χ0) is 14.6. The van der Waals surface area contributed by atoms with Crippen LogP contribution in [0.15, 0.2) is 0 Å². The molecule has 0 unspecified atom stereocenters. The fourth-order valence-corrected chi connectivity index (χ4v) is 3.88.